The third-order valence-electron chi connectivity index (χ3n) is 5.43. The van der Waals surface area contributed by atoms with Crippen LogP contribution in [0.3, 0.4) is 0 Å². The molecule has 1 N–H and O–H groups in total. The van der Waals surface area contributed by atoms with E-state index in [-0.39, 0.29) is 29.2 Å². The highest BCUT2D eigenvalue weighted by molar-refractivity contribution is 6.11. The maximum Gasteiger partial charge on any atom is 0.280 e. The Hall–Kier alpha value is -4.79. The van der Waals surface area contributed by atoms with Crippen molar-refractivity contribution in [3.8, 4) is 28.1 Å². The Morgan fingerprint density at radius 2 is 1.66 bits per heavy atom. The molecule has 0 saturated carbocycles. The molecule has 0 fully saturated rings. The Balaban J connectivity index is 1.97. The maximum absolute atomic E-state index is 13.7. The average molecular weight is 470 g/mol. The Bertz CT molecular complexity index is 1450. The lowest BCUT2D eigenvalue weighted by Crippen LogP contribution is -2.32. The van der Waals surface area contributed by atoms with Gasteiger partial charge < -0.3 is 10.1 Å². The van der Waals surface area contributed by atoms with Crippen molar-refractivity contribution >= 4 is 17.3 Å². The molecule has 1 amide bonds. The number of ether oxygens (including phenoxy) is 1. The molecule has 0 spiro atoms. The summed E-state index contributed by atoms with van der Waals surface area (Å²) in [7, 11) is 1.39. The van der Waals surface area contributed by atoms with Gasteiger partial charge >= 0.3 is 0 Å². The number of benzene rings is 3. The SMILES string of the molecule is CCn1nc(-c2ccccc2)c(-c2ccccc2)c(C(=O)Nc2cc([N+](=O)[O-])ccc2OC)c1=O. The van der Waals surface area contributed by atoms with Crippen molar-refractivity contribution in [3.63, 3.8) is 0 Å². The zero-order chi connectivity index (χ0) is 24.9. The van der Waals surface area contributed by atoms with Gasteiger partial charge in [-0.3, -0.25) is 19.7 Å². The fourth-order valence-corrected chi connectivity index (χ4v) is 3.77. The third-order valence-corrected chi connectivity index (χ3v) is 5.43. The van der Waals surface area contributed by atoms with E-state index in [1.165, 1.54) is 30.0 Å². The monoisotopic (exact) mass is 470 g/mol. The lowest BCUT2D eigenvalue weighted by molar-refractivity contribution is -0.384. The van der Waals surface area contributed by atoms with Crippen LogP contribution >= 0.6 is 0 Å². The first-order chi connectivity index (χ1) is 16.9. The number of methoxy groups -OCH3 is 1. The van der Waals surface area contributed by atoms with Crippen LogP contribution in [0.25, 0.3) is 22.4 Å². The van der Waals surface area contributed by atoms with E-state index in [4.69, 9.17) is 4.74 Å². The van der Waals surface area contributed by atoms with Crippen molar-refractivity contribution in [1.82, 2.24) is 9.78 Å². The lowest BCUT2D eigenvalue weighted by atomic mass is 9.95. The molecule has 0 aliphatic carbocycles. The molecule has 9 heteroatoms. The van der Waals surface area contributed by atoms with Crippen molar-refractivity contribution < 1.29 is 14.5 Å². The van der Waals surface area contributed by atoms with Gasteiger partial charge in [-0.25, -0.2) is 4.68 Å². The van der Waals surface area contributed by atoms with Gasteiger partial charge in [-0.05, 0) is 18.6 Å². The summed E-state index contributed by atoms with van der Waals surface area (Å²) in [4.78, 5) is 37.8. The molecular formula is C26H22N4O5. The molecule has 1 heterocycles. The molecule has 0 aliphatic rings. The summed E-state index contributed by atoms with van der Waals surface area (Å²) < 4.78 is 6.50. The topological polar surface area (TPSA) is 116 Å². The van der Waals surface area contributed by atoms with E-state index in [2.05, 4.69) is 10.4 Å². The highest BCUT2D eigenvalue weighted by Crippen LogP contribution is 2.34. The lowest BCUT2D eigenvalue weighted by Gasteiger charge is -2.17. The molecule has 1 aromatic heterocycles. The molecule has 0 radical (unpaired) electrons. The second-order valence-corrected chi connectivity index (χ2v) is 7.55. The van der Waals surface area contributed by atoms with Gasteiger partial charge in [0.1, 0.15) is 11.3 Å². The molecule has 4 rings (SSSR count). The number of hydrogen-bond donors (Lipinski definition) is 1. The largest absolute Gasteiger partial charge is 0.495 e. The smallest absolute Gasteiger partial charge is 0.280 e. The molecule has 9 nitrogen and oxygen atoms in total. The Labute approximate surface area is 200 Å². The van der Waals surface area contributed by atoms with Crippen molar-refractivity contribution in [1.29, 1.82) is 0 Å². The second-order valence-electron chi connectivity index (χ2n) is 7.55. The number of nitro groups is 1. The summed E-state index contributed by atoms with van der Waals surface area (Å²) in [6.07, 6.45) is 0. The minimum Gasteiger partial charge on any atom is -0.495 e. The van der Waals surface area contributed by atoms with Gasteiger partial charge in [0.05, 0.1) is 23.4 Å². The van der Waals surface area contributed by atoms with Crippen LogP contribution in [0.15, 0.2) is 83.7 Å². The van der Waals surface area contributed by atoms with Gasteiger partial charge in [0.25, 0.3) is 17.2 Å². The number of non-ortho nitro benzene ring substituents is 1. The van der Waals surface area contributed by atoms with Crippen molar-refractivity contribution in [2.24, 2.45) is 0 Å². The molecule has 0 atom stereocenters. The Kier molecular flexibility index (Phi) is 6.68. The summed E-state index contributed by atoms with van der Waals surface area (Å²) >= 11 is 0. The molecule has 176 valence electrons. The van der Waals surface area contributed by atoms with Crippen LogP contribution in [0, 0.1) is 10.1 Å². The van der Waals surface area contributed by atoms with Crippen LogP contribution in [0.1, 0.15) is 17.3 Å². The molecule has 0 aliphatic heterocycles. The quantitative estimate of drug-likeness (QED) is 0.307. The number of rotatable bonds is 7. The highest BCUT2D eigenvalue weighted by atomic mass is 16.6. The van der Waals surface area contributed by atoms with Crippen LogP contribution in [0.5, 0.6) is 5.75 Å². The van der Waals surface area contributed by atoms with Gasteiger partial charge in [0, 0.05) is 29.8 Å². The molecule has 0 unspecified atom stereocenters. The van der Waals surface area contributed by atoms with Crippen LogP contribution in [0.2, 0.25) is 0 Å². The summed E-state index contributed by atoms with van der Waals surface area (Å²) in [5.74, 6) is -0.507. The van der Waals surface area contributed by atoms with Crippen LogP contribution in [0.4, 0.5) is 11.4 Å². The molecule has 35 heavy (non-hydrogen) atoms. The third kappa shape index (κ3) is 4.65. The zero-order valence-electron chi connectivity index (χ0n) is 19.1. The number of nitro benzene ring substituents is 1. The predicted molar refractivity (Wildman–Crippen MR) is 133 cm³/mol. The van der Waals surface area contributed by atoms with Crippen LogP contribution < -0.4 is 15.6 Å². The second kappa shape index (κ2) is 10.0. The van der Waals surface area contributed by atoms with E-state index in [9.17, 15) is 19.7 Å². The zero-order valence-corrected chi connectivity index (χ0v) is 19.1. The molecule has 0 bridgehead atoms. The van der Waals surface area contributed by atoms with Gasteiger partial charge in [0.15, 0.2) is 0 Å². The summed E-state index contributed by atoms with van der Waals surface area (Å²) in [6, 6.07) is 22.2. The van der Waals surface area contributed by atoms with E-state index in [0.717, 1.165) is 5.56 Å². The number of hydrogen-bond acceptors (Lipinski definition) is 6. The minimum atomic E-state index is -0.727. The number of anilines is 1. The van der Waals surface area contributed by atoms with E-state index < -0.39 is 16.4 Å². The van der Waals surface area contributed by atoms with Gasteiger partial charge in [-0.2, -0.15) is 5.10 Å². The maximum atomic E-state index is 13.7. The summed E-state index contributed by atoms with van der Waals surface area (Å²) in [5, 5.41) is 18.5. The standard InChI is InChI=1S/C26H22N4O5/c1-3-29-26(32)23(25(31)27-20-16-19(30(33)34)14-15-21(20)35-2)22(17-10-6-4-7-11-17)24(28-29)18-12-8-5-9-13-18/h4-16H,3H2,1-2H3,(H,27,31). The van der Waals surface area contributed by atoms with Crippen LogP contribution in [-0.2, 0) is 6.54 Å². The van der Waals surface area contributed by atoms with Crippen LogP contribution in [-0.4, -0.2) is 27.7 Å². The Morgan fingerprint density at radius 1 is 1.03 bits per heavy atom. The van der Waals surface area contributed by atoms with E-state index in [1.54, 1.807) is 31.2 Å². The van der Waals surface area contributed by atoms with E-state index in [0.29, 0.717) is 16.8 Å². The fourth-order valence-electron chi connectivity index (χ4n) is 3.77. The fraction of sp³-hybridized carbons (Fsp3) is 0.115. The molecular weight excluding hydrogens is 448 g/mol. The first kappa shape index (κ1) is 23.4. The normalized spacial score (nSPS) is 10.6. The number of aryl methyl sites for hydroxylation is 1. The van der Waals surface area contributed by atoms with Gasteiger partial charge in [-0.1, -0.05) is 60.7 Å². The molecule has 4 aromatic rings. The van der Waals surface area contributed by atoms with Gasteiger partial charge in [-0.15, -0.1) is 0 Å². The number of nitrogens with zero attached hydrogens (tertiary/aromatic N) is 3. The molecule has 3 aromatic carbocycles. The van der Waals surface area contributed by atoms with Crippen molar-refractivity contribution in [2.75, 3.05) is 12.4 Å². The number of nitrogens with one attached hydrogen (secondary N) is 1. The first-order valence-electron chi connectivity index (χ1n) is 10.8. The summed E-state index contributed by atoms with van der Waals surface area (Å²) in [6.45, 7) is 2.00. The van der Waals surface area contributed by atoms with E-state index in [1.807, 2.05) is 36.4 Å². The predicted octanol–water partition coefficient (Wildman–Crippen LogP) is 4.77. The van der Waals surface area contributed by atoms with E-state index >= 15 is 0 Å². The average Bonchev–Trinajstić information content (AvgIpc) is 2.89. The Morgan fingerprint density at radius 3 is 2.23 bits per heavy atom. The number of aromatic nitrogens is 2. The highest BCUT2D eigenvalue weighted by Gasteiger charge is 2.26. The first-order valence-corrected chi connectivity index (χ1v) is 10.8. The minimum absolute atomic E-state index is 0.0752. The molecule has 0 saturated heterocycles. The number of carbonyl (C=O) groups is 1. The van der Waals surface area contributed by atoms with Crippen molar-refractivity contribution in [2.45, 2.75) is 13.5 Å². The number of amides is 1. The number of carbonyl (C=O) groups excluding carboxylic acids is 1. The van der Waals surface area contributed by atoms with Gasteiger partial charge in [0.2, 0.25) is 0 Å². The summed E-state index contributed by atoms with van der Waals surface area (Å²) in [5.41, 5.74) is 1.35. The van der Waals surface area contributed by atoms with Crippen molar-refractivity contribution in [3.05, 3.63) is 105 Å².